The van der Waals surface area contributed by atoms with Crippen molar-refractivity contribution in [1.82, 2.24) is 0 Å². The van der Waals surface area contributed by atoms with Crippen LogP contribution in [0.2, 0.25) is 0 Å². The quantitative estimate of drug-likeness (QED) is 0.335. The van der Waals surface area contributed by atoms with E-state index < -0.39 is 33.2 Å². The molecule has 1 aliphatic heterocycles. The molecule has 0 aromatic rings. The first kappa shape index (κ1) is 22.1. The minimum atomic E-state index is -1.25. The highest BCUT2D eigenvalue weighted by Gasteiger charge is 2.71. The molecule has 0 unspecified atom stereocenters. The number of fused-ring (bicyclic) bond motifs is 5. The van der Waals surface area contributed by atoms with Gasteiger partial charge in [0.1, 0.15) is 13.2 Å². The standard InChI is InChI=1S/C23H33NO8/c1-20-6-3-17-18(23(20,28)9-5-16(20)14-10-19(26)31-12-14)4-8-22(27)11-15(25)2-7-21(17,22)13-32-24(29)30/h10,15-18,25,27-28H,2-9,11-13H2,1H3/t15-,16+,17-,18+,20+,21-,22-,23-/m0/s1. The Morgan fingerprint density at radius 3 is 2.59 bits per heavy atom. The number of nitrogens with zero attached hydrogens (tertiary/aromatic N) is 1. The Bertz CT molecular complexity index is 861. The lowest BCUT2D eigenvalue weighted by atomic mass is 9.41. The van der Waals surface area contributed by atoms with E-state index in [-0.39, 0.29) is 43.4 Å². The molecular weight excluding hydrogens is 418 g/mol. The van der Waals surface area contributed by atoms with E-state index in [1.807, 2.05) is 0 Å². The maximum atomic E-state index is 12.2. The molecule has 9 nitrogen and oxygen atoms in total. The highest BCUT2D eigenvalue weighted by Crippen LogP contribution is 2.70. The van der Waals surface area contributed by atoms with Crippen LogP contribution >= 0.6 is 0 Å². The van der Waals surface area contributed by atoms with E-state index >= 15 is 0 Å². The molecule has 178 valence electrons. The molecule has 1 heterocycles. The van der Waals surface area contributed by atoms with Crippen LogP contribution in [0.25, 0.3) is 0 Å². The molecule has 8 atom stereocenters. The molecule has 0 spiro atoms. The number of carbonyl (C=O) groups excluding carboxylic acids is 1. The first-order chi connectivity index (χ1) is 15.0. The fourth-order valence-electron chi connectivity index (χ4n) is 8.65. The number of cyclic esters (lactones) is 1. The number of rotatable bonds is 4. The first-order valence-electron chi connectivity index (χ1n) is 11.8. The number of esters is 1. The number of hydrogen-bond acceptors (Lipinski definition) is 8. The predicted octanol–water partition coefficient (Wildman–Crippen LogP) is 1.91. The van der Waals surface area contributed by atoms with Gasteiger partial charge in [0.05, 0.1) is 17.3 Å². The number of hydrogen-bond donors (Lipinski definition) is 3. The Labute approximate surface area is 186 Å². The molecule has 3 N–H and O–H groups in total. The SMILES string of the molecule is C[C@]12CC[C@H]3[C@@H](CC[C@]4(O)C[C@@H](O)CC[C@]34CO[N+](=O)[O-])[C@@]1(O)CC[C@@H]2C1=CC(=O)OC1. The van der Waals surface area contributed by atoms with Crippen molar-refractivity contribution in [2.24, 2.45) is 28.6 Å². The third-order valence-electron chi connectivity index (χ3n) is 10.2. The summed E-state index contributed by atoms with van der Waals surface area (Å²) in [6.07, 6.45) is 5.74. The summed E-state index contributed by atoms with van der Waals surface area (Å²) in [6, 6.07) is 0. The van der Waals surface area contributed by atoms with Crippen LogP contribution in [0.15, 0.2) is 11.6 Å². The lowest BCUT2D eigenvalue weighted by molar-refractivity contribution is -0.762. The van der Waals surface area contributed by atoms with Gasteiger partial charge >= 0.3 is 5.97 Å². The Balaban J connectivity index is 1.51. The van der Waals surface area contributed by atoms with Gasteiger partial charge in [0.25, 0.3) is 5.09 Å². The van der Waals surface area contributed by atoms with E-state index in [0.717, 1.165) is 12.0 Å². The molecule has 0 amide bonds. The molecule has 4 aliphatic carbocycles. The number of ether oxygens (including phenoxy) is 1. The minimum absolute atomic E-state index is 0.0554. The summed E-state index contributed by atoms with van der Waals surface area (Å²) in [6.45, 7) is 2.17. The van der Waals surface area contributed by atoms with Gasteiger partial charge in [-0.05, 0) is 74.7 Å². The summed E-state index contributed by atoms with van der Waals surface area (Å²) < 4.78 is 5.16. The van der Waals surface area contributed by atoms with Crippen molar-refractivity contribution < 1.29 is 34.8 Å². The summed E-state index contributed by atoms with van der Waals surface area (Å²) in [5.41, 5.74) is -2.60. The Hall–Kier alpha value is -1.71. The van der Waals surface area contributed by atoms with Gasteiger partial charge in [0, 0.05) is 23.3 Å². The topological polar surface area (TPSA) is 139 Å². The molecule has 5 aliphatic rings. The molecule has 0 aromatic carbocycles. The van der Waals surface area contributed by atoms with Crippen molar-refractivity contribution in [3.63, 3.8) is 0 Å². The number of aliphatic hydroxyl groups excluding tert-OH is 1. The van der Waals surface area contributed by atoms with Crippen LogP contribution in [-0.4, -0.2) is 56.9 Å². The maximum Gasteiger partial charge on any atom is 0.331 e. The zero-order valence-electron chi connectivity index (χ0n) is 18.5. The molecule has 0 radical (unpaired) electrons. The fourth-order valence-corrected chi connectivity index (χ4v) is 8.65. The molecule has 4 saturated carbocycles. The van der Waals surface area contributed by atoms with Crippen LogP contribution in [0, 0.1) is 38.7 Å². The highest BCUT2D eigenvalue weighted by atomic mass is 16.9. The summed E-state index contributed by atoms with van der Waals surface area (Å²) in [7, 11) is 0. The van der Waals surface area contributed by atoms with Crippen LogP contribution in [0.5, 0.6) is 0 Å². The largest absolute Gasteiger partial charge is 0.458 e. The van der Waals surface area contributed by atoms with Crippen LogP contribution < -0.4 is 0 Å². The maximum absolute atomic E-state index is 12.2. The van der Waals surface area contributed by atoms with Crippen LogP contribution in [0.4, 0.5) is 0 Å². The van der Waals surface area contributed by atoms with Crippen LogP contribution in [0.3, 0.4) is 0 Å². The van der Waals surface area contributed by atoms with Gasteiger partial charge in [-0.3, -0.25) is 0 Å². The van der Waals surface area contributed by atoms with Gasteiger partial charge in [-0.1, -0.05) is 6.92 Å². The number of carbonyl (C=O) groups is 1. The summed E-state index contributed by atoms with van der Waals surface area (Å²) in [5, 5.41) is 44.5. The summed E-state index contributed by atoms with van der Waals surface area (Å²) >= 11 is 0. The normalized spacial score (nSPS) is 50.0. The summed E-state index contributed by atoms with van der Waals surface area (Å²) in [4.78, 5) is 27.7. The van der Waals surface area contributed by atoms with E-state index in [1.54, 1.807) is 6.08 Å². The second-order valence-corrected chi connectivity index (χ2v) is 11.1. The van der Waals surface area contributed by atoms with E-state index in [4.69, 9.17) is 9.57 Å². The van der Waals surface area contributed by atoms with Crippen molar-refractivity contribution in [3.8, 4) is 0 Å². The van der Waals surface area contributed by atoms with Crippen molar-refractivity contribution >= 4 is 5.97 Å². The second-order valence-electron chi connectivity index (χ2n) is 11.1. The highest BCUT2D eigenvalue weighted by molar-refractivity contribution is 5.85. The second kappa shape index (κ2) is 7.14. The Kier molecular flexibility index (Phi) is 4.93. The molecule has 0 saturated heterocycles. The zero-order valence-corrected chi connectivity index (χ0v) is 18.5. The Morgan fingerprint density at radius 1 is 1.16 bits per heavy atom. The van der Waals surface area contributed by atoms with E-state index in [0.29, 0.717) is 44.9 Å². The van der Waals surface area contributed by atoms with Crippen molar-refractivity contribution in [3.05, 3.63) is 21.8 Å². The third-order valence-corrected chi connectivity index (χ3v) is 10.2. The molecule has 32 heavy (non-hydrogen) atoms. The average Bonchev–Trinajstić information content (AvgIpc) is 3.26. The van der Waals surface area contributed by atoms with Crippen molar-refractivity contribution in [1.29, 1.82) is 0 Å². The summed E-state index contributed by atoms with van der Waals surface area (Å²) in [5.74, 6) is -0.538. The molecule has 5 rings (SSSR count). The van der Waals surface area contributed by atoms with Gasteiger partial charge in [0.2, 0.25) is 0 Å². The Morgan fingerprint density at radius 2 is 1.91 bits per heavy atom. The number of aliphatic hydroxyl groups is 3. The van der Waals surface area contributed by atoms with E-state index in [9.17, 15) is 30.2 Å². The van der Waals surface area contributed by atoms with Crippen molar-refractivity contribution in [2.45, 2.75) is 82.0 Å². The average molecular weight is 452 g/mol. The van der Waals surface area contributed by atoms with Gasteiger partial charge < -0.3 is 24.9 Å². The predicted molar refractivity (Wildman–Crippen MR) is 110 cm³/mol. The van der Waals surface area contributed by atoms with Gasteiger partial charge in [-0.25, -0.2) is 4.79 Å². The smallest absolute Gasteiger partial charge is 0.331 e. The van der Waals surface area contributed by atoms with Crippen LogP contribution in [0.1, 0.15) is 64.7 Å². The lowest BCUT2D eigenvalue weighted by Gasteiger charge is -2.66. The van der Waals surface area contributed by atoms with Gasteiger partial charge in [-0.15, -0.1) is 10.1 Å². The molecule has 0 aromatic heterocycles. The van der Waals surface area contributed by atoms with Crippen molar-refractivity contribution in [2.75, 3.05) is 13.2 Å². The first-order valence-corrected chi connectivity index (χ1v) is 11.8. The zero-order chi connectivity index (χ0) is 22.9. The molecule has 0 bridgehead atoms. The van der Waals surface area contributed by atoms with E-state index in [2.05, 4.69) is 6.92 Å². The van der Waals surface area contributed by atoms with Gasteiger partial charge in [0.15, 0.2) is 0 Å². The molecule has 9 heteroatoms. The molecular formula is C23H33NO8. The third kappa shape index (κ3) is 2.83. The monoisotopic (exact) mass is 451 g/mol. The minimum Gasteiger partial charge on any atom is -0.458 e. The van der Waals surface area contributed by atoms with Crippen LogP contribution in [-0.2, 0) is 14.4 Å². The van der Waals surface area contributed by atoms with E-state index in [1.165, 1.54) is 0 Å². The van der Waals surface area contributed by atoms with Gasteiger partial charge in [-0.2, -0.15) is 0 Å². The molecule has 4 fully saturated rings. The lowest BCUT2D eigenvalue weighted by Crippen LogP contribution is -2.69. The fraction of sp³-hybridized carbons (Fsp3) is 0.870.